The largest absolute Gasteiger partial charge is 0.504 e. The second-order valence-electron chi connectivity index (χ2n) is 8.56. The summed E-state index contributed by atoms with van der Waals surface area (Å²) in [5, 5.41) is 10.2. The number of fused-ring (bicyclic) bond motifs is 4. The quantitative estimate of drug-likeness (QED) is 0.845. The van der Waals surface area contributed by atoms with Gasteiger partial charge in [0.05, 0.1) is 7.11 Å². The van der Waals surface area contributed by atoms with Gasteiger partial charge in [-0.2, -0.15) is 0 Å². The van der Waals surface area contributed by atoms with Crippen molar-refractivity contribution in [1.82, 2.24) is 4.90 Å². The minimum Gasteiger partial charge on any atom is -0.504 e. The molecular weight excluding hydrogens is 330 g/mol. The van der Waals surface area contributed by atoms with Crippen LogP contribution in [0.2, 0.25) is 0 Å². The molecule has 0 saturated carbocycles. The van der Waals surface area contributed by atoms with Crippen LogP contribution in [0.5, 0.6) is 11.5 Å². The molecule has 2 aromatic rings. The summed E-state index contributed by atoms with van der Waals surface area (Å²) in [4.78, 5) is 5.61. The second-order valence-corrected chi connectivity index (χ2v) is 9.78. The minimum atomic E-state index is 0.258. The van der Waals surface area contributed by atoms with Crippen LogP contribution in [-0.4, -0.2) is 23.7 Å². The summed E-state index contributed by atoms with van der Waals surface area (Å²) < 4.78 is 5.29. The number of rotatable bonds is 2. The van der Waals surface area contributed by atoms with Gasteiger partial charge in [-0.15, -0.1) is 11.3 Å². The molecule has 0 unspecified atom stereocenters. The number of hydrogen-bond donors (Lipinski definition) is 1. The van der Waals surface area contributed by atoms with E-state index < -0.39 is 0 Å². The summed E-state index contributed by atoms with van der Waals surface area (Å²) in [7, 11) is 1.62. The Labute approximate surface area is 154 Å². The molecule has 1 atom stereocenters. The Morgan fingerprint density at radius 3 is 2.76 bits per heavy atom. The third-order valence-corrected chi connectivity index (χ3v) is 6.51. The van der Waals surface area contributed by atoms with Crippen LogP contribution in [0, 0.1) is 5.41 Å². The summed E-state index contributed by atoms with van der Waals surface area (Å²) in [6.07, 6.45) is 3.23. The van der Waals surface area contributed by atoms with Crippen LogP contribution < -0.4 is 4.74 Å². The molecule has 1 aromatic heterocycles. The van der Waals surface area contributed by atoms with Crippen LogP contribution >= 0.6 is 11.3 Å². The van der Waals surface area contributed by atoms with Gasteiger partial charge in [-0.05, 0) is 53.1 Å². The Balaban J connectivity index is 1.66. The third kappa shape index (κ3) is 3.18. The van der Waals surface area contributed by atoms with E-state index in [1.165, 1.54) is 26.4 Å². The molecule has 0 spiro atoms. The maximum Gasteiger partial charge on any atom is 0.160 e. The summed E-state index contributed by atoms with van der Waals surface area (Å²) in [6.45, 7) is 9.03. The van der Waals surface area contributed by atoms with Gasteiger partial charge in [-0.1, -0.05) is 20.8 Å². The molecule has 3 heterocycles. The number of benzene rings is 1. The van der Waals surface area contributed by atoms with Crippen molar-refractivity contribution in [3.05, 3.63) is 44.6 Å². The predicted molar refractivity (Wildman–Crippen MR) is 103 cm³/mol. The van der Waals surface area contributed by atoms with Gasteiger partial charge in [0.1, 0.15) is 0 Å². The SMILES string of the molecule is COc1cc2c(cc1O)[C@@H]1Cc3sc(CC(C)(C)C)cc3CN1CC2. The predicted octanol–water partition coefficient (Wildman–Crippen LogP) is 4.71. The molecule has 1 aromatic carbocycles. The Bertz CT molecular complexity index is 803. The highest BCUT2D eigenvalue weighted by Crippen LogP contribution is 2.44. The minimum absolute atomic E-state index is 0.258. The second kappa shape index (κ2) is 6.03. The number of phenols is 1. The molecule has 3 nitrogen and oxygen atoms in total. The van der Waals surface area contributed by atoms with Crippen molar-refractivity contribution in [2.75, 3.05) is 13.7 Å². The average molecular weight is 358 g/mol. The van der Waals surface area contributed by atoms with Crippen molar-refractivity contribution < 1.29 is 9.84 Å². The molecule has 0 bridgehead atoms. The fraction of sp³-hybridized carbons (Fsp3) is 0.524. The number of thiophene rings is 1. The van der Waals surface area contributed by atoms with Crippen molar-refractivity contribution in [3.63, 3.8) is 0 Å². The van der Waals surface area contributed by atoms with Crippen molar-refractivity contribution in [2.45, 2.75) is 52.6 Å². The van der Waals surface area contributed by atoms with Gasteiger partial charge in [-0.3, -0.25) is 4.90 Å². The van der Waals surface area contributed by atoms with Crippen LogP contribution in [0.4, 0.5) is 0 Å². The van der Waals surface area contributed by atoms with Crippen LogP contribution in [0.25, 0.3) is 0 Å². The highest BCUT2D eigenvalue weighted by atomic mass is 32.1. The van der Waals surface area contributed by atoms with Crippen LogP contribution in [-0.2, 0) is 25.8 Å². The third-order valence-electron chi connectivity index (χ3n) is 5.31. The number of ether oxygens (including phenoxy) is 1. The average Bonchev–Trinajstić information content (AvgIpc) is 2.91. The monoisotopic (exact) mass is 357 g/mol. The molecular formula is C21H27NO2S. The van der Waals surface area contributed by atoms with Gasteiger partial charge in [0.2, 0.25) is 0 Å². The summed E-state index contributed by atoms with van der Waals surface area (Å²) >= 11 is 1.99. The molecule has 2 aliphatic rings. The van der Waals surface area contributed by atoms with Crippen molar-refractivity contribution >= 4 is 11.3 Å². The first kappa shape index (κ1) is 16.9. The zero-order valence-electron chi connectivity index (χ0n) is 15.6. The molecule has 0 radical (unpaired) electrons. The number of methoxy groups -OCH3 is 1. The van der Waals surface area contributed by atoms with Gasteiger partial charge in [-0.25, -0.2) is 0 Å². The van der Waals surface area contributed by atoms with E-state index >= 15 is 0 Å². The topological polar surface area (TPSA) is 32.7 Å². The van der Waals surface area contributed by atoms with Crippen LogP contribution in [0.1, 0.15) is 53.3 Å². The van der Waals surface area contributed by atoms with E-state index in [4.69, 9.17) is 4.74 Å². The number of hydrogen-bond acceptors (Lipinski definition) is 4. The highest BCUT2D eigenvalue weighted by Gasteiger charge is 2.34. The highest BCUT2D eigenvalue weighted by molar-refractivity contribution is 7.12. The molecule has 0 fully saturated rings. The van der Waals surface area contributed by atoms with Crippen molar-refractivity contribution in [2.24, 2.45) is 5.41 Å². The number of phenolic OH excluding ortho intramolecular Hbond substituents is 1. The molecule has 0 aliphatic carbocycles. The van der Waals surface area contributed by atoms with Gasteiger partial charge in [0.25, 0.3) is 0 Å². The smallest absolute Gasteiger partial charge is 0.160 e. The zero-order chi connectivity index (χ0) is 17.8. The lowest BCUT2D eigenvalue weighted by Crippen LogP contribution is -2.38. The van der Waals surface area contributed by atoms with E-state index in [1.807, 2.05) is 23.5 Å². The Morgan fingerprint density at radius 2 is 2.04 bits per heavy atom. The normalized spacial score (nSPS) is 19.9. The first-order valence-corrected chi connectivity index (χ1v) is 9.90. The fourth-order valence-corrected chi connectivity index (χ4v) is 5.72. The number of aromatic hydroxyl groups is 1. The lowest BCUT2D eigenvalue weighted by molar-refractivity contribution is 0.162. The summed E-state index contributed by atoms with van der Waals surface area (Å²) in [5.74, 6) is 0.848. The zero-order valence-corrected chi connectivity index (χ0v) is 16.4. The Hall–Kier alpha value is -1.52. The molecule has 134 valence electrons. The molecule has 4 heteroatoms. The van der Waals surface area contributed by atoms with Crippen molar-refractivity contribution in [3.8, 4) is 11.5 Å². The van der Waals surface area contributed by atoms with E-state index in [1.54, 1.807) is 7.11 Å². The lowest BCUT2D eigenvalue weighted by Gasteiger charge is -2.40. The first-order chi connectivity index (χ1) is 11.8. The Kier molecular flexibility index (Phi) is 4.08. The van der Waals surface area contributed by atoms with Gasteiger partial charge < -0.3 is 9.84 Å². The van der Waals surface area contributed by atoms with E-state index in [-0.39, 0.29) is 5.75 Å². The van der Waals surface area contributed by atoms with Crippen LogP contribution in [0.15, 0.2) is 18.2 Å². The summed E-state index contributed by atoms with van der Waals surface area (Å²) in [5.41, 5.74) is 4.45. The van der Waals surface area contributed by atoms with Gasteiger partial charge in [0.15, 0.2) is 11.5 Å². The molecule has 2 aliphatic heterocycles. The van der Waals surface area contributed by atoms with Gasteiger partial charge in [0, 0.05) is 35.3 Å². The van der Waals surface area contributed by atoms with E-state index in [9.17, 15) is 5.11 Å². The van der Waals surface area contributed by atoms with Crippen LogP contribution in [0.3, 0.4) is 0 Å². The molecule has 1 N–H and O–H groups in total. The molecule has 25 heavy (non-hydrogen) atoms. The van der Waals surface area contributed by atoms with Crippen molar-refractivity contribution in [1.29, 1.82) is 0 Å². The maximum absolute atomic E-state index is 10.2. The number of nitrogens with zero attached hydrogens (tertiary/aromatic N) is 1. The molecule has 0 saturated heterocycles. The van der Waals surface area contributed by atoms with Gasteiger partial charge >= 0.3 is 0 Å². The molecule has 0 amide bonds. The van der Waals surface area contributed by atoms with E-state index in [2.05, 4.69) is 31.7 Å². The van der Waals surface area contributed by atoms with E-state index in [0.29, 0.717) is 17.2 Å². The standard InChI is InChI=1S/C21H27NO2S/c1-21(2,3)11-15-7-14-12-22-6-5-13-8-19(24-4)18(23)9-16(13)17(22)10-20(14)25-15/h7-9,17,23H,5-6,10-12H2,1-4H3/t17-/m0/s1. The maximum atomic E-state index is 10.2. The Morgan fingerprint density at radius 1 is 1.24 bits per heavy atom. The summed E-state index contributed by atoms with van der Waals surface area (Å²) in [6, 6.07) is 6.77. The fourth-order valence-electron chi connectivity index (χ4n) is 4.20. The lowest BCUT2D eigenvalue weighted by atomic mass is 9.86. The first-order valence-electron chi connectivity index (χ1n) is 9.08. The molecule has 4 rings (SSSR count). The van der Waals surface area contributed by atoms with E-state index in [0.717, 1.165) is 32.4 Å².